The number of rotatable bonds is 5. The Kier molecular flexibility index (Phi) is 6.65. The van der Waals surface area contributed by atoms with Crippen LogP contribution in [0.1, 0.15) is 53.6 Å². The lowest BCUT2D eigenvalue weighted by atomic mass is 9.82. The number of halogens is 4. The van der Waals surface area contributed by atoms with Gasteiger partial charge in [0.25, 0.3) is 5.91 Å². The first-order valence-electron chi connectivity index (χ1n) is 9.54. The molecule has 1 fully saturated rings. The number of hydrogen-bond acceptors (Lipinski definition) is 1. The summed E-state index contributed by atoms with van der Waals surface area (Å²) >= 11 is 5.95. The molecule has 2 nitrogen and oxygen atoms in total. The molecule has 0 atom stereocenters. The second-order valence-electron chi connectivity index (χ2n) is 7.41. The number of benzene rings is 2. The van der Waals surface area contributed by atoms with Gasteiger partial charge < -0.3 is 5.32 Å². The van der Waals surface area contributed by atoms with Crippen LogP contribution in [-0.2, 0) is 12.6 Å². The minimum absolute atomic E-state index is 0.0221. The van der Waals surface area contributed by atoms with E-state index in [1.807, 2.05) is 18.2 Å². The van der Waals surface area contributed by atoms with Crippen molar-refractivity contribution in [3.8, 4) is 0 Å². The molecule has 1 N–H and O–H groups in total. The Hall–Kier alpha value is -2.01. The third kappa shape index (κ3) is 5.51. The molecule has 28 heavy (non-hydrogen) atoms. The second kappa shape index (κ2) is 8.99. The summed E-state index contributed by atoms with van der Waals surface area (Å²) in [6.45, 7) is 0. The molecule has 0 unspecified atom stereocenters. The van der Waals surface area contributed by atoms with Crippen LogP contribution in [0.2, 0.25) is 5.02 Å². The molecule has 0 aliphatic heterocycles. The predicted molar refractivity (Wildman–Crippen MR) is 104 cm³/mol. The molecular weight excluding hydrogens is 387 g/mol. The molecule has 0 saturated heterocycles. The van der Waals surface area contributed by atoms with E-state index in [4.69, 9.17) is 11.6 Å². The highest BCUT2D eigenvalue weighted by Crippen LogP contribution is 2.32. The largest absolute Gasteiger partial charge is 0.416 e. The SMILES string of the molecule is O=C(NC1CCC(CCc2ccccc2)CC1)c1cc(C(F)(F)F)ccc1Cl. The normalized spacial score (nSPS) is 20.0. The molecule has 0 spiro atoms. The van der Waals surface area contributed by atoms with Crippen molar-refractivity contribution < 1.29 is 18.0 Å². The standard InChI is InChI=1S/C22H23ClF3NO/c23-20-13-10-17(22(24,25)26)14-19(20)21(28)27-18-11-8-16(9-12-18)7-6-15-4-2-1-3-5-15/h1-5,10,13-14,16,18H,6-9,11-12H2,(H,27,28). The maximum atomic E-state index is 12.9. The van der Waals surface area contributed by atoms with Gasteiger partial charge in [-0.2, -0.15) is 13.2 Å². The van der Waals surface area contributed by atoms with E-state index in [1.54, 1.807) is 0 Å². The Morgan fingerprint density at radius 3 is 2.36 bits per heavy atom. The third-order valence-corrected chi connectivity index (χ3v) is 5.73. The number of alkyl halides is 3. The fourth-order valence-corrected chi connectivity index (χ4v) is 3.95. The summed E-state index contributed by atoms with van der Waals surface area (Å²) in [7, 11) is 0. The average molecular weight is 410 g/mol. The summed E-state index contributed by atoms with van der Waals surface area (Å²) in [5.74, 6) is 0.0781. The number of aryl methyl sites for hydroxylation is 1. The van der Waals surface area contributed by atoms with Gasteiger partial charge in [0.2, 0.25) is 0 Å². The molecule has 0 radical (unpaired) electrons. The van der Waals surface area contributed by atoms with Crippen molar-refractivity contribution in [3.05, 3.63) is 70.2 Å². The van der Waals surface area contributed by atoms with Crippen molar-refractivity contribution in [3.63, 3.8) is 0 Å². The lowest BCUT2D eigenvalue weighted by Crippen LogP contribution is -2.38. The van der Waals surface area contributed by atoms with Crippen molar-refractivity contribution >= 4 is 17.5 Å². The van der Waals surface area contributed by atoms with Crippen molar-refractivity contribution in [1.82, 2.24) is 5.32 Å². The highest BCUT2D eigenvalue weighted by Gasteiger charge is 2.32. The van der Waals surface area contributed by atoms with Crippen LogP contribution in [0.5, 0.6) is 0 Å². The van der Waals surface area contributed by atoms with Gasteiger partial charge in [-0.3, -0.25) is 4.79 Å². The maximum absolute atomic E-state index is 12.9. The van der Waals surface area contributed by atoms with Gasteiger partial charge in [0.1, 0.15) is 0 Å². The number of hydrogen-bond donors (Lipinski definition) is 1. The number of carbonyl (C=O) groups is 1. The van der Waals surface area contributed by atoms with Gasteiger partial charge in [0, 0.05) is 6.04 Å². The van der Waals surface area contributed by atoms with Gasteiger partial charge in [0.15, 0.2) is 0 Å². The zero-order valence-electron chi connectivity index (χ0n) is 15.4. The number of nitrogens with one attached hydrogen (secondary N) is 1. The molecule has 0 aromatic heterocycles. The van der Waals surface area contributed by atoms with Crippen LogP contribution >= 0.6 is 11.6 Å². The minimum Gasteiger partial charge on any atom is -0.349 e. The van der Waals surface area contributed by atoms with Crippen LogP contribution in [0.3, 0.4) is 0 Å². The van der Waals surface area contributed by atoms with E-state index in [0.717, 1.165) is 56.7 Å². The topological polar surface area (TPSA) is 29.1 Å². The van der Waals surface area contributed by atoms with Gasteiger partial charge in [-0.25, -0.2) is 0 Å². The first-order chi connectivity index (χ1) is 13.3. The van der Waals surface area contributed by atoms with Crippen molar-refractivity contribution in [2.75, 3.05) is 0 Å². The van der Waals surface area contributed by atoms with E-state index >= 15 is 0 Å². The van der Waals surface area contributed by atoms with Gasteiger partial charge >= 0.3 is 6.18 Å². The number of amides is 1. The van der Waals surface area contributed by atoms with Crippen LogP contribution < -0.4 is 5.32 Å². The third-order valence-electron chi connectivity index (χ3n) is 5.40. The maximum Gasteiger partial charge on any atom is 0.416 e. The Morgan fingerprint density at radius 1 is 1.04 bits per heavy atom. The monoisotopic (exact) mass is 409 g/mol. The Bertz CT molecular complexity index is 799. The van der Waals surface area contributed by atoms with E-state index < -0.39 is 17.6 Å². The zero-order chi connectivity index (χ0) is 20.1. The van der Waals surface area contributed by atoms with Crippen LogP contribution in [-0.4, -0.2) is 11.9 Å². The minimum atomic E-state index is -4.50. The highest BCUT2D eigenvalue weighted by molar-refractivity contribution is 6.33. The fourth-order valence-electron chi connectivity index (χ4n) is 3.75. The molecule has 0 bridgehead atoms. The van der Waals surface area contributed by atoms with E-state index in [2.05, 4.69) is 17.4 Å². The van der Waals surface area contributed by atoms with Crippen LogP contribution in [0, 0.1) is 5.92 Å². The fraction of sp³-hybridized carbons (Fsp3) is 0.409. The Labute approximate surface area is 168 Å². The highest BCUT2D eigenvalue weighted by atomic mass is 35.5. The lowest BCUT2D eigenvalue weighted by molar-refractivity contribution is -0.137. The molecule has 0 heterocycles. The smallest absolute Gasteiger partial charge is 0.349 e. The van der Waals surface area contributed by atoms with E-state index in [1.165, 1.54) is 5.56 Å². The summed E-state index contributed by atoms with van der Waals surface area (Å²) in [4.78, 5) is 12.4. The molecule has 1 saturated carbocycles. The summed E-state index contributed by atoms with van der Waals surface area (Å²) in [5.41, 5.74) is 0.339. The predicted octanol–water partition coefficient (Wildman–Crippen LogP) is 6.28. The van der Waals surface area contributed by atoms with Gasteiger partial charge in [-0.15, -0.1) is 0 Å². The van der Waals surface area contributed by atoms with E-state index in [9.17, 15) is 18.0 Å². The number of carbonyl (C=O) groups excluding carboxylic acids is 1. The molecule has 150 valence electrons. The Morgan fingerprint density at radius 2 is 1.71 bits per heavy atom. The molecular formula is C22H23ClF3NO. The molecule has 1 aliphatic rings. The summed E-state index contributed by atoms with van der Waals surface area (Å²) in [6, 6.07) is 13.2. The second-order valence-corrected chi connectivity index (χ2v) is 7.81. The van der Waals surface area contributed by atoms with Gasteiger partial charge in [-0.1, -0.05) is 41.9 Å². The van der Waals surface area contributed by atoms with Gasteiger partial charge in [0.05, 0.1) is 16.1 Å². The van der Waals surface area contributed by atoms with Crippen LogP contribution in [0.25, 0.3) is 0 Å². The summed E-state index contributed by atoms with van der Waals surface area (Å²) in [6.07, 6.45) is 1.34. The average Bonchev–Trinajstić information content (AvgIpc) is 2.67. The molecule has 6 heteroatoms. The molecule has 1 aliphatic carbocycles. The first-order valence-corrected chi connectivity index (χ1v) is 9.92. The molecule has 1 amide bonds. The summed E-state index contributed by atoms with van der Waals surface area (Å²) in [5, 5.41) is 2.89. The lowest BCUT2D eigenvalue weighted by Gasteiger charge is -2.29. The molecule has 2 aromatic carbocycles. The van der Waals surface area contributed by atoms with Crippen molar-refractivity contribution in [1.29, 1.82) is 0 Å². The van der Waals surface area contributed by atoms with Crippen LogP contribution in [0.15, 0.2) is 48.5 Å². The zero-order valence-corrected chi connectivity index (χ0v) is 16.2. The van der Waals surface area contributed by atoms with Crippen LogP contribution in [0.4, 0.5) is 13.2 Å². The van der Waals surface area contributed by atoms with E-state index in [-0.39, 0.29) is 16.6 Å². The molecule has 2 aromatic rings. The first kappa shape index (κ1) is 20.7. The quantitative estimate of drug-likeness (QED) is 0.618. The summed E-state index contributed by atoms with van der Waals surface area (Å²) < 4.78 is 38.7. The van der Waals surface area contributed by atoms with Gasteiger partial charge in [-0.05, 0) is 68.2 Å². The molecule has 3 rings (SSSR count). The van der Waals surface area contributed by atoms with Crippen molar-refractivity contribution in [2.24, 2.45) is 5.92 Å². The van der Waals surface area contributed by atoms with E-state index in [0.29, 0.717) is 5.92 Å². The Balaban J connectivity index is 1.51. The van der Waals surface area contributed by atoms with Crippen molar-refractivity contribution in [2.45, 2.75) is 50.7 Å².